The Labute approximate surface area is 127 Å². The molecule has 0 aliphatic heterocycles. The van der Waals surface area contributed by atoms with Crippen molar-refractivity contribution in [3.63, 3.8) is 0 Å². The van der Waals surface area contributed by atoms with E-state index in [4.69, 9.17) is 0 Å². The molecule has 0 atom stereocenters. The Morgan fingerprint density at radius 2 is 2.14 bits per heavy atom. The van der Waals surface area contributed by atoms with E-state index in [1.54, 1.807) is 16.0 Å². The van der Waals surface area contributed by atoms with E-state index >= 15 is 0 Å². The highest BCUT2D eigenvalue weighted by Crippen LogP contribution is 2.21. The fraction of sp³-hybridized carbons (Fsp3) is 0.188. The van der Waals surface area contributed by atoms with Crippen molar-refractivity contribution in [2.45, 2.75) is 20.3 Å². The van der Waals surface area contributed by atoms with E-state index in [2.05, 4.69) is 34.6 Å². The molecule has 0 bridgehead atoms. The maximum Gasteiger partial charge on any atom is 0.172 e. The van der Waals surface area contributed by atoms with Crippen LogP contribution in [0.15, 0.2) is 35.7 Å². The van der Waals surface area contributed by atoms with Gasteiger partial charge in [-0.2, -0.15) is 0 Å². The van der Waals surface area contributed by atoms with Crippen LogP contribution in [0.2, 0.25) is 0 Å². The smallest absolute Gasteiger partial charge is 0.172 e. The van der Waals surface area contributed by atoms with Crippen LogP contribution in [0.3, 0.4) is 0 Å². The number of aromatic nitrogens is 3. The first-order chi connectivity index (χ1) is 10.2. The molecule has 3 rings (SSSR count). The first kappa shape index (κ1) is 13.7. The molecule has 21 heavy (non-hydrogen) atoms. The molecule has 0 fully saturated rings. The quantitative estimate of drug-likeness (QED) is 0.694. The average molecular weight is 297 g/mol. The third-order valence-electron chi connectivity index (χ3n) is 3.42. The molecule has 0 saturated carbocycles. The number of aryl methyl sites for hydroxylation is 2. The standard InChI is InChI=1S/C16H15N3OS/c1-11-5-6-12(2)15(8-11)19-16(14(10-20)17-18-19)9-13-4-3-7-21-13/h3-8,10H,9H2,1-2H3. The second-order valence-electron chi connectivity index (χ2n) is 5.00. The molecular weight excluding hydrogens is 282 g/mol. The molecule has 0 aliphatic carbocycles. The van der Waals surface area contributed by atoms with Crippen molar-refractivity contribution in [2.24, 2.45) is 0 Å². The molecule has 106 valence electrons. The molecule has 0 aliphatic rings. The zero-order valence-electron chi connectivity index (χ0n) is 11.9. The molecule has 5 heteroatoms. The number of benzene rings is 1. The third-order valence-corrected chi connectivity index (χ3v) is 4.30. The SMILES string of the molecule is Cc1ccc(C)c(-n2nnc(C=O)c2Cc2cccs2)c1. The molecular formula is C16H15N3OS. The maximum absolute atomic E-state index is 11.2. The number of thiophene rings is 1. The Hall–Kier alpha value is -2.27. The van der Waals surface area contributed by atoms with Crippen LogP contribution in [0.4, 0.5) is 0 Å². The minimum Gasteiger partial charge on any atom is -0.296 e. The maximum atomic E-state index is 11.2. The van der Waals surface area contributed by atoms with Crippen LogP contribution in [-0.2, 0) is 6.42 Å². The lowest BCUT2D eigenvalue weighted by atomic mass is 10.1. The molecule has 0 N–H and O–H groups in total. The van der Waals surface area contributed by atoms with Crippen LogP contribution in [0.5, 0.6) is 0 Å². The lowest BCUT2D eigenvalue weighted by molar-refractivity contribution is 0.111. The Bertz CT molecular complexity index is 775. The number of aldehydes is 1. The Morgan fingerprint density at radius 3 is 2.86 bits per heavy atom. The van der Waals surface area contributed by atoms with Gasteiger partial charge in [0.15, 0.2) is 6.29 Å². The highest BCUT2D eigenvalue weighted by atomic mass is 32.1. The highest BCUT2D eigenvalue weighted by molar-refractivity contribution is 7.09. The number of hydrogen-bond acceptors (Lipinski definition) is 4. The van der Waals surface area contributed by atoms with Gasteiger partial charge in [-0.05, 0) is 42.5 Å². The van der Waals surface area contributed by atoms with Gasteiger partial charge in [0.2, 0.25) is 0 Å². The molecule has 0 spiro atoms. The summed E-state index contributed by atoms with van der Waals surface area (Å²) in [6, 6.07) is 10.3. The van der Waals surface area contributed by atoms with E-state index in [-0.39, 0.29) is 0 Å². The normalized spacial score (nSPS) is 10.8. The lowest BCUT2D eigenvalue weighted by Crippen LogP contribution is -2.06. The van der Waals surface area contributed by atoms with Gasteiger partial charge >= 0.3 is 0 Å². The van der Waals surface area contributed by atoms with Crippen LogP contribution in [0, 0.1) is 13.8 Å². The summed E-state index contributed by atoms with van der Waals surface area (Å²) < 4.78 is 1.78. The largest absolute Gasteiger partial charge is 0.296 e. The summed E-state index contributed by atoms with van der Waals surface area (Å²) in [7, 11) is 0. The first-order valence-electron chi connectivity index (χ1n) is 6.69. The zero-order valence-corrected chi connectivity index (χ0v) is 12.7. The predicted molar refractivity (Wildman–Crippen MR) is 83.3 cm³/mol. The van der Waals surface area contributed by atoms with Crippen LogP contribution >= 0.6 is 11.3 Å². The van der Waals surface area contributed by atoms with Crippen LogP contribution in [0.25, 0.3) is 5.69 Å². The third kappa shape index (κ3) is 2.64. The monoisotopic (exact) mass is 297 g/mol. The van der Waals surface area contributed by atoms with Gasteiger partial charge in [-0.25, -0.2) is 4.68 Å². The Balaban J connectivity index is 2.12. The summed E-state index contributed by atoms with van der Waals surface area (Å²) in [6.07, 6.45) is 1.43. The number of hydrogen-bond donors (Lipinski definition) is 0. The summed E-state index contributed by atoms with van der Waals surface area (Å²) in [6.45, 7) is 4.07. The summed E-state index contributed by atoms with van der Waals surface area (Å²) in [5.74, 6) is 0. The number of carbonyl (C=O) groups excluding carboxylic acids is 1. The van der Waals surface area contributed by atoms with Crippen molar-refractivity contribution in [3.05, 3.63) is 63.1 Å². The van der Waals surface area contributed by atoms with Crippen LogP contribution < -0.4 is 0 Å². The molecule has 4 nitrogen and oxygen atoms in total. The summed E-state index contributed by atoms with van der Waals surface area (Å²) in [4.78, 5) is 12.4. The minimum absolute atomic E-state index is 0.407. The Morgan fingerprint density at radius 1 is 1.29 bits per heavy atom. The fourth-order valence-electron chi connectivity index (χ4n) is 2.29. The highest BCUT2D eigenvalue weighted by Gasteiger charge is 2.16. The van der Waals surface area contributed by atoms with Crippen molar-refractivity contribution in [3.8, 4) is 5.69 Å². The van der Waals surface area contributed by atoms with Crippen LogP contribution in [-0.4, -0.2) is 21.3 Å². The van der Waals surface area contributed by atoms with Gasteiger partial charge in [0, 0.05) is 11.3 Å². The lowest BCUT2D eigenvalue weighted by Gasteiger charge is -2.10. The second kappa shape index (κ2) is 5.61. The second-order valence-corrected chi connectivity index (χ2v) is 6.03. The molecule has 3 aromatic rings. The fourth-order valence-corrected chi connectivity index (χ4v) is 3.00. The number of nitrogens with zero attached hydrogens (tertiary/aromatic N) is 3. The van der Waals surface area contributed by atoms with E-state index in [0.29, 0.717) is 12.1 Å². The summed E-state index contributed by atoms with van der Waals surface area (Å²) >= 11 is 1.67. The topological polar surface area (TPSA) is 47.8 Å². The summed E-state index contributed by atoms with van der Waals surface area (Å²) in [5, 5.41) is 10.2. The molecule has 0 radical (unpaired) electrons. The molecule has 0 amide bonds. The van der Waals surface area contributed by atoms with Crippen molar-refractivity contribution < 1.29 is 4.79 Å². The van der Waals surface area contributed by atoms with Gasteiger partial charge in [0.25, 0.3) is 0 Å². The zero-order chi connectivity index (χ0) is 14.8. The van der Waals surface area contributed by atoms with Crippen molar-refractivity contribution in [1.82, 2.24) is 15.0 Å². The van der Waals surface area contributed by atoms with E-state index < -0.39 is 0 Å². The summed E-state index contributed by atoms with van der Waals surface area (Å²) in [5.41, 5.74) is 4.48. The Kier molecular flexibility index (Phi) is 3.66. The van der Waals surface area contributed by atoms with Crippen molar-refractivity contribution in [2.75, 3.05) is 0 Å². The van der Waals surface area contributed by atoms with Crippen molar-refractivity contribution in [1.29, 1.82) is 0 Å². The van der Waals surface area contributed by atoms with Gasteiger partial charge in [-0.1, -0.05) is 23.4 Å². The molecule has 0 saturated heterocycles. The number of carbonyl (C=O) groups is 1. The van der Waals surface area contributed by atoms with Crippen LogP contribution in [0.1, 0.15) is 32.2 Å². The van der Waals surface area contributed by atoms with Crippen molar-refractivity contribution >= 4 is 17.6 Å². The van der Waals surface area contributed by atoms with E-state index in [1.165, 1.54) is 4.88 Å². The molecule has 0 unspecified atom stereocenters. The number of rotatable bonds is 4. The van der Waals surface area contributed by atoms with Gasteiger partial charge in [-0.15, -0.1) is 16.4 Å². The molecule has 2 heterocycles. The van der Waals surface area contributed by atoms with Gasteiger partial charge < -0.3 is 0 Å². The van der Waals surface area contributed by atoms with E-state index in [1.807, 2.05) is 25.3 Å². The first-order valence-corrected chi connectivity index (χ1v) is 7.57. The molecule has 1 aromatic carbocycles. The van der Waals surface area contributed by atoms with Gasteiger partial charge in [0.1, 0.15) is 5.69 Å². The van der Waals surface area contributed by atoms with Gasteiger partial charge in [-0.3, -0.25) is 4.79 Å². The minimum atomic E-state index is 0.407. The van der Waals surface area contributed by atoms with E-state index in [9.17, 15) is 4.79 Å². The average Bonchev–Trinajstić information content (AvgIpc) is 3.12. The predicted octanol–water partition coefficient (Wildman–Crippen LogP) is 3.35. The van der Waals surface area contributed by atoms with E-state index in [0.717, 1.165) is 28.8 Å². The molecule has 2 aromatic heterocycles. The van der Waals surface area contributed by atoms with Gasteiger partial charge in [0.05, 0.1) is 11.4 Å².